The van der Waals surface area contributed by atoms with Crippen LogP contribution in [0.3, 0.4) is 0 Å². The van der Waals surface area contributed by atoms with Gasteiger partial charge in [-0.15, -0.1) is 0 Å². The first kappa shape index (κ1) is 18.1. The smallest absolute Gasteiger partial charge is 0.107 e. The molecule has 0 radical (unpaired) electrons. The number of hydrogen-bond donors (Lipinski definition) is 5. The van der Waals surface area contributed by atoms with Crippen molar-refractivity contribution in [2.24, 2.45) is 0 Å². The Morgan fingerprint density at radius 1 is 1.15 bits per heavy atom. The number of nitrogens with zero attached hydrogens (tertiary/aromatic N) is 1. The highest BCUT2D eigenvalue weighted by Crippen LogP contribution is 2.10. The number of rotatable bonds is 10. The number of aliphatic hydroxyl groups excluding tert-OH is 4. The lowest BCUT2D eigenvalue weighted by Crippen LogP contribution is -2.44. The van der Waals surface area contributed by atoms with Crippen LogP contribution < -0.4 is 5.32 Å². The molecule has 20 heavy (non-hydrogen) atoms. The third kappa shape index (κ3) is 7.19. The summed E-state index contributed by atoms with van der Waals surface area (Å²) in [5, 5.41) is 40.4. The molecule has 7 nitrogen and oxygen atoms in total. The van der Waals surface area contributed by atoms with Crippen molar-refractivity contribution in [3.63, 3.8) is 0 Å². The Morgan fingerprint density at radius 3 is 2.50 bits per heavy atom. The minimum atomic E-state index is -1.23. The first-order valence-corrected chi connectivity index (χ1v) is 7.90. The van der Waals surface area contributed by atoms with Gasteiger partial charge in [0.2, 0.25) is 0 Å². The minimum absolute atomic E-state index is 0.0606. The van der Waals surface area contributed by atoms with E-state index in [0.29, 0.717) is 6.54 Å². The van der Waals surface area contributed by atoms with Crippen LogP contribution in [0.4, 0.5) is 0 Å². The second kappa shape index (κ2) is 10.7. The Kier molecular flexibility index (Phi) is 9.74. The Hall–Kier alpha value is 0.0700. The van der Waals surface area contributed by atoms with Gasteiger partial charge in [0.05, 0.1) is 25.4 Å². The summed E-state index contributed by atoms with van der Waals surface area (Å²) < 4.78 is 7.51. The van der Waals surface area contributed by atoms with E-state index in [1.54, 1.807) is 11.9 Å². The number of ether oxygens (including phenoxy) is 1. The standard InChI is InChI=1S/C12H26N2O5S/c15-5-1-10(16)12(18)11(17)9-13-2-8-20-14-3-6-19-7-4-14/h10-13,15-18H,1-9H2. The third-order valence-corrected chi connectivity index (χ3v) is 4.21. The molecule has 1 heterocycles. The van der Waals surface area contributed by atoms with Crippen LogP contribution >= 0.6 is 11.9 Å². The molecule has 1 saturated heterocycles. The molecule has 1 fully saturated rings. The lowest BCUT2D eigenvalue weighted by Gasteiger charge is -2.25. The van der Waals surface area contributed by atoms with E-state index in [-0.39, 0.29) is 19.6 Å². The van der Waals surface area contributed by atoms with E-state index >= 15 is 0 Å². The van der Waals surface area contributed by atoms with Gasteiger partial charge in [0, 0.05) is 38.5 Å². The molecule has 0 aromatic heterocycles. The van der Waals surface area contributed by atoms with Crippen LogP contribution in [0.1, 0.15) is 6.42 Å². The van der Waals surface area contributed by atoms with Crippen LogP contribution in [-0.2, 0) is 4.74 Å². The lowest BCUT2D eigenvalue weighted by atomic mass is 10.1. The maximum absolute atomic E-state index is 9.67. The molecular weight excluding hydrogens is 284 g/mol. The van der Waals surface area contributed by atoms with Crippen LogP contribution in [0.5, 0.6) is 0 Å². The lowest BCUT2D eigenvalue weighted by molar-refractivity contribution is -0.0641. The summed E-state index contributed by atoms with van der Waals surface area (Å²) in [5.41, 5.74) is 0. The Bertz CT molecular complexity index is 244. The normalized spacial score (nSPS) is 21.6. The summed E-state index contributed by atoms with van der Waals surface area (Å²) in [6, 6.07) is 0. The number of morpholine rings is 1. The molecule has 5 N–H and O–H groups in total. The van der Waals surface area contributed by atoms with Gasteiger partial charge in [0.1, 0.15) is 6.10 Å². The van der Waals surface area contributed by atoms with E-state index in [0.717, 1.165) is 32.1 Å². The van der Waals surface area contributed by atoms with Crippen LogP contribution in [0, 0.1) is 0 Å². The SMILES string of the molecule is OCCC(O)C(O)C(O)CNCCSN1CCOCC1. The van der Waals surface area contributed by atoms with Crippen LogP contribution in [-0.4, -0.2) is 94.8 Å². The van der Waals surface area contributed by atoms with Crippen molar-refractivity contribution < 1.29 is 25.2 Å². The predicted octanol–water partition coefficient (Wildman–Crippen LogP) is -1.98. The van der Waals surface area contributed by atoms with Crippen molar-refractivity contribution in [1.82, 2.24) is 9.62 Å². The summed E-state index contributed by atoms with van der Waals surface area (Å²) >= 11 is 1.74. The fourth-order valence-electron chi connectivity index (χ4n) is 1.85. The van der Waals surface area contributed by atoms with Gasteiger partial charge in [0.25, 0.3) is 0 Å². The van der Waals surface area contributed by atoms with Crippen molar-refractivity contribution in [2.75, 3.05) is 51.8 Å². The van der Waals surface area contributed by atoms with Crippen molar-refractivity contribution in [2.45, 2.75) is 24.7 Å². The number of aliphatic hydroxyl groups is 4. The molecule has 8 heteroatoms. The molecule has 1 aliphatic rings. The third-order valence-electron chi connectivity index (χ3n) is 3.09. The molecule has 120 valence electrons. The molecular formula is C12H26N2O5S. The highest BCUT2D eigenvalue weighted by atomic mass is 32.2. The van der Waals surface area contributed by atoms with E-state index in [2.05, 4.69) is 9.62 Å². The van der Waals surface area contributed by atoms with Gasteiger partial charge in [-0.3, -0.25) is 0 Å². The molecule has 0 aliphatic carbocycles. The van der Waals surface area contributed by atoms with Gasteiger partial charge in [-0.05, 0) is 6.42 Å². The van der Waals surface area contributed by atoms with Gasteiger partial charge in [0.15, 0.2) is 0 Å². The van der Waals surface area contributed by atoms with Gasteiger partial charge in [-0.2, -0.15) is 0 Å². The fraction of sp³-hybridized carbons (Fsp3) is 1.00. The monoisotopic (exact) mass is 310 g/mol. The quantitative estimate of drug-likeness (QED) is 0.234. The zero-order chi connectivity index (χ0) is 14.8. The maximum atomic E-state index is 9.67. The minimum Gasteiger partial charge on any atom is -0.396 e. The van der Waals surface area contributed by atoms with E-state index in [1.165, 1.54) is 0 Å². The molecule has 1 aliphatic heterocycles. The summed E-state index contributed by atoms with van der Waals surface area (Å²) in [4.78, 5) is 0. The van der Waals surface area contributed by atoms with Crippen molar-refractivity contribution in [3.05, 3.63) is 0 Å². The summed E-state index contributed by atoms with van der Waals surface area (Å²) in [5.74, 6) is 0.877. The molecule has 1 rings (SSSR count). The van der Waals surface area contributed by atoms with Gasteiger partial charge >= 0.3 is 0 Å². The highest BCUT2D eigenvalue weighted by Gasteiger charge is 2.23. The first-order valence-electron chi connectivity index (χ1n) is 6.96. The van der Waals surface area contributed by atoms with Crippen molar-refractivity contribution >= 4 is 11.9 Å². The Labute approximate surface area is 124 Å². The maximum Gasteiger partial charge on any atom is 0.107 e. The topological polar surface area (TPSA) is 105 Å². The van der Waals surface area contributed by atoms with Crippen molar-refractivity contribution in [1.29, 1.82) is 0 Å². The number of hydrogen-bond acceptors (Lipinski definition) is 8. The Morgan fingerprint density at radius 2 is 1.85 bits per heavy atom. The Balaban J connectivity index is 2.01. The van der Waals surface area contributed by atoms with E-state index in [9.17, 15) is 15.3 Å². The van der Waals surface area contributed by atoms with Crippen molar-refractivity contribution in [3.8, 4) is 0 Å². The van der Waals surface area contributed by atoms with E-state index in [1.807, 2.05) is 0 Å². The molecule has 0 amide bonds. The van der Waals surface area contributed by atoms with Crippen LogP contribution in [0.2, 0.25) is 0 Å². The largest absolute Gasteiger partial charge is 0.396 e. The average molecular weight is 310 g/mol. The predicted molar refractivity (Wildman–Crippen MR) is 77.4 cm³/mol. The average Bonchev–Trinajstić information content (AvgIpc) is 2.47. The zero-order valence-corrected chi connectivity index (χ0v) is 12.5. The second-order valence-electron chi connectivity index (χ2n) is 4.72. The molecule has 0 saturated carbocycles. The zero-order valence-electron chi connectivity index (χ0n) is 11.6. The van der Waals surface area contributed by atoms with Gasteiger partial charge in [-0.25, -0.2) is 4.31 Å². The summed E-state index contributed by atoms with van der Waals surface area (Å²) in [6.45, 7) is 4.12. The molecule has 3 atom stereocenters. The molecule has 0 aromatic rings. The van der Waals surface area contributed by atoms with Crippen LogP contribution in [0.15, 0.2) is 0 Å². The van der Waals surface area contributed by atoms with E-state index < -0.39 is 18.3 Å². The molecule has 0 spiro atoms. The highest BCUT2D eigenvalue weighted by molar-refractivity contribution is 7.97. The molecule has 0 bridgehead atoms. The van der Waals surface area contributed by atoms with E-state index in [4.69, 9.17) is 9.84 Å². The van der Waals surface area contributed by atoms with Gasteiger partial charge in [-0.1, -0.05) is 11.9 Å². The van der Waals surface area contributed by atoms with Gasteiger partial charge < -0.3 is 30.5 Å². The van der Waals surface area contributed by atoms with Crippen LogP contribution in [0.25, 0.3) is 0 Å². The molecule has 0 aromatic carbocycles. The summed E-state index contributed by atoms with van der Waals surface area (Å²) in [7, 11) is 0. The number of nitrogens with one attached hydrogen (secondary N) is 1. The first-order chi connectivity index (χ1) is 9.65. The summed E-state index contributed by atoms with van der Waals surface area (Å²) in [6.07, 6.45) is -3.31. The fourth-order valence-corrected chi connectivity index (χ4v) is 2.75. The second-order valence-corrected chi connectivity index (χ2v) is 5.90. The molecule has 3 unspecified atom stereocenters.